The predicted molar refractivity (Wildman–Crippen MR) is 62.2 cm³/mol. The third-order valence-corrected chi connectivity index (χ3v) is 3.61. The van der Waals surface area contributed by atoms with Gasteiger partial charge in [-0.25, -0.2) is 9.18 Å². The topological polar surface area (TPSA) is 40.5 Å². The van der Waals surface area contributed by atoms with Crippen molar-refractivity contribution < 1.29 is 14.3 Å². The minimum atomic E-state index is -1.30. The molecule has 0 aromatic heterocycles. The molecule has 0 aliphatic heterocycles. The van der Waals surface area contributed by atoms with Crippen molar-refractivity contribution in [2.24, 2.45) is 0 Å². The number of hydrogen-bond donors (Lipinski definition) is 1. The third-order valence-electron chi connectivity index (χ3n) is 3.61. The van der Waals surface area contributed by atoms with Gasteiger partial charge < -0.3 is 5.11 Å². The number of likely N-dealkylation sites (N-methyl/N-ethyl adjacent to an activating group) is 1. The zero-order valence-electron chi connectivity index (χ0n) is 9.98. The third kappa shape index (κ3) is 1.93. The summed E-state index contributed by atoms with van der Waals surface area (Å²) in [5.41, 5.74) is -1.08. The normalized spacial score (nSPS) is 19.1. The van der Waals surface area contributed by atoms with Crippen LogP contribution in [0.1, 0.15) is 25.3 Å². The molecule has 92 valence electrons. The van der Waals surface area contributed by atoms with E-state index in [1.807, 2.05) is 0 Å². The van der Waals surface area contributed by atoms with E-state index in [-0.39, 0.29) is 11.6 Å². The lowest BCUT2D eigenvalue weighted by Crippen LogP contribution is -2.49. The number of carboxylic acid groups (broad SMARTS) is 1. The SMILES string of the molecule is CN(C1CC1)C(C)(C(=O)O)c1ccccc1F. The van der Waals surface area contributed by atoms with Gasteiger partial charge in [-0.1, -0.05) is 18.2 Å². The molecule has 1 unspecified atom stereocenters. The van der Waals surface area contributed by atoms with Gasteiger partial charge in [0, 0.05) is 11.6 Å². The van der Waals surface area contributed by atoms with Gasteiger partial charge >= 0.3 is 5.97 Å². The van der Waals surface area contributed by atoms with Gasteiger partial charge in [-0.2, -0.15) is 0 Å². The minimum absolute atomic E-state index is 0.224. The number of carbonyl (C=O) groups is 1. The standard InChI is InChI=1S/C13H16FNO2/c1-13(12(16)17,15(2)9-7-8-9)10-5-3-4-6-11(10)14/h3-6,9H,7-8H2,1-2H3,(H,16,17). The first-order valence-electron chi connectivity index (χ1n) is 5.69. The molecular weight excluding hydrogens is 221 g/mol. The van der Waals surface area contributed by atoms with E-state index in [1.165, 1.54) is 6.07 Å². The van der Waals surface area contributed by atoms with Crippen molar-refractivity contribution >= 4 is 5.97 Å². The molecule has 1 aromatic rings. The Labute approximate surface area is 99.9 Å². The molecule has 1 aliphatic rings. The summed E-state index contributed by atoms with van der Waals surface area (Å²) in [6.45, 7) is 1.56. The quantitative estimate of drug-likeness (QED) is 0.873. The number of rotatable bonds is 4. The van der Waals surface area contributed by atoms with Crippen LogP contribution >= 0.6 is 0 Å². The van der Waals surface area contributed by atoms with Crippen LogP contribution < -0.4 is 0 Å². The van der Waals surface area contributed by atoms with Crippen molar-refractivity contribution in [1.82, 2.24) is 4.90 Å². The second kappa shape index (κ2) is 4.11. The highest BCUT2D eigenvalue weighted by molar-refractivity contribution is 5.80. The molecule has 1 saturated carbocycles. The van der Waals surface area contributed by atoms with Crippen LogP contribution in [0.25, 0.3) is 0 Å². The van der Waals surface area contributed by atoms with E-state index in [2.05, 4.69) is 0 Å². The lowest BCUT2D eigenvalue weighted by molar-refractivity contribution is -0.151. The van der Waals surface area contributed by atoms with Crippen molar-refractivity contribution in [3.05, 3.63) is 35.6 Å². The Bertz CT molecular complexity index is 445. The van der Waals surface area contributed by atoms with Crippen molar-refractivity contribution in [2.45, 2.75) is 31.3 Å². The molecule has 4 heteroatoms. The van der Waals surface area contributed by atoms with Gasteiger partial charge in [-0.05, 0) is 32.9 Å². The maximum Gasteiger partial charge on any atom is 0.328 e. The first kappa shape index (κ1) is 12.0. The van der Waals surface area contributed by atoms with Gasteiger partial charge in [-0.3, -0.25) is 4.90 Å². The van der Waals surface area contributed by atoms with E-state index in [1.54, 1.807) is 37.1 Å². The van der Waals surface area contributed by atoms with Crippen LogP contribution in [0, 0.1) is 5.82 Å². The highest BCUT2D eigenvalue weighted by Gasteiger charge is 2.46. The molecule has 1 atom stereocenters. The largest absolute Gasteiger partial charge is 0.480 e. The molecule has 0 bridgehead atoms. The van der Waals surface area contributed by atoms with E-state index in [9.17, 15) is 14.3 Å². The molecule has 0 saturated heterocycles. The monoisotopic (exact) mass is 237 g/mol. The molecule has 3 nitrogen and oxygen atoms in total. The van der Waals surface area contributed by atoms with Crippen molar-refractivity contribution in [3.63, 3.8) is 0 Å². The number of benzene rings is 1. The highest BCUT2D eigenvalue weighted by Crippen LogP contribution is 2.38. The summed E-state index contributed by atoms with van der Waals surface area (Å²) in [5, 5.41) is 9.45. The van der Waals surface area contributed by atoms with Gasteiger partial charge in [0.2, 0.25) is 0 Å². The number of hydrogen-bond acceptors (Lipinski definition) is 2. The van der Waals surface area contributed by atoms with Gasteiger partial charge in [0.05, 0.1) is 0 Å². The molecule has 17 heavy (non-hydrogen) atoms. The highest BCUT2D eigenvalue weighted by atomic mass is 19.1. The molecule has 0 spiro atoms. The molecular formula is C13H16FNO2. The zero-order valence-corrected chi connectivity index (χ0v) is 9.98. The molecule has 0 heterocycles. The molecule has 0 amide bonds. The summed E-state index contributed by atoms with van der Waals surface area (Å²) in [7, 11) is 1.75. The number of carboxylic acids is 1. The number of halogens is 1. The lowest BCUT2D eigenvalue weighted by atomic mass is 9.89. The van der Waals surface area contributed by atoms with E-state index in [0.717, 1.165) is 12.8 Å². The molecule has 1 aliphatic carbocycles. The van der Waals surface area contributed by atoms with E-state index >= 15 is 0 Å². The predicted octanol–water partition coefficient (Wildman–Crippen LogP) is 2.22. The smallest absolute Gasteiger partial charge is 0.328 e. The summed E-state index contributed by atoms with van der Waals surface area (Å²) >= 11 is 0. The lowest BCUT2D eigenvalue weighted by Gasteiger charge is -2.35. The van der Waals surface area contributed by atoms with Crippen LogP contribution in [-0.2, 0) is 10.3 Å². The summed E-state index contributed by atoms with van der Waals surface area (Å²) in [6.07, 6.45) is 1.96. The Hall–Kier alpha value is -1.42. The molecule has 1 fully saturated rings. The van der Waals surface area contributed by atoms with E-state index in [0.29, 0.717) is 0 Å². The second-order valence-corrected chi connectivity index (χ2v) is 4.70. The fourth-order valence-corrected chi connectivity index (χ4v) is 2.14. The van der Waals surface area contributed by atoms with Gasteiger partial charge in [0.25, 0.3) is 0 Å². The van der Waals surface area contributed by atoms with Crippen LogP contribution in [0.4, 0.5) is 4.39 Å². The minimum Gasteiger partial charge on any atom is -0.480 e. The van der Waals surface area contributed by atoms with Crippen molar-refractivity contribution in [3.8, 4) is 0 Å². The van der Waals surface area contributed by atoms with E-state index < -0.39 is 17.3 Å². The van der Waals surface area contributed by atoms with Crippen molar-refractivity contribution in [2.75, 3.05) is 7.05 Å². The second-order valence-electron chi connectivity index (χ2n) is 4.70. The van der Waals surface area contributed by atoms with Crippen LogP contribution in [0.2, 0.25) is 0 Å². The number of aliphatic carboxylic acids is 1. The summed E-state index contributed by atoms with van der Waals surface area (Å²) in [6, 6.07) is 6.33. The molecule has 1 N–H and O–H groups in total. The summed E-state index contributed by atoms with van der Waals surface area (Å²) in [4.78, 5) is 13.3. The average molecular weight is 237 g/mol. The molecule has 0 radical (unpaired) electrons. The fraction of sp³-hybridized carbons (Fsp3) is 0.462. The Morgan fingerprint density at radius 2 is 2.06 bits per heavy atom. The first-order chi connectivity index (χ1) is 7.98. The van der Waals surface area contributed by atoms with Crippen LogP contribution in [-0.4, -0.2) is 29.1 Å². The van der Waals surface area contributed by atoms with E-state index in [4.69, 9.17) is 0 Å². The Balaban J connectivity index is 2.47. The first-order valence-corrected chi connectivity index (χ1v) is 5.69. The summed E-state index contributed by atoms with van der Waals surface area (Å²) in [5.74, 6) is -1.48. The fourth-order valence-electron chi connectivity index (χ4n) is 2.14. The Morgan fingerprint density at radius 1 is 1.47 bits per heavy atom. The average Bonchev–Trinajstić information content (AvgIpc) is 3.11. The maximum absolute atomic E-state index is 13.8. The van der Waals surface area contributed by atoms with Gasteiger partial charge in [0.1, 0.15) is 11.4 Å². The Kier molecular flexibility index (Phi) is 2.91. The van der Waals surface area contributed by atoms with Crippen LogP contribution in [0.15, 0.2) is 24.3 Å². The summed E-state index contributed by atoms with van der Waals surface area (Å²) < 4.78 is 13.8. The van der Waals surface area contributed by atoms with Crippen LogP contribution in [0.5, 0.6) is 0 Å². The zero-order chi connectivity index (χ0) is 12.6. The van der Waals surface area contributed by atoms with Crippen molar-refractivity contribution in [1.29, 1.82) is 0 Å². The Morgan fingerprint density at radius 3 is 2.53 bits per heavy atom. The van der Waals surface area contributed by atoms with Gasteiger partial charge in [0.15, 0.2) is 0 Å². The maximum atomic E-state index is 13.8. The molecule has 2 rings (SSSR count). The van der Waals surface area contributed by atoms with Crippen LogP contribution in [0.3, 0.4) is 0 Å². The molecule has 1 aromatic carbocycles. The number of nitrogens with zero attached hydrogens (tertiary/aromatic N) is 1. The van der Waals surface area contributed by atoms with Gasteiger partial charge in [-0.15, -0.1) is 0 Å².